The maximum absolute atomic E-state index is 13.1. The topological polar surface area (TPSA) is 261 Å². The highest BCUT2D eigenvalue weighted by atomic mass is 32.2. The molecule has 10 N–H and O–H groups in total. The number of aromatic hydroxyl groups is 4. The quantitative estimate of drug-likeness (QED) is 0.0760. The highest BCUT2D eigenvalue weighted by Crippen LogP contribution is 2.29. The number of carbonyl (C=O) groups excluding carboxylic acids is 3. The first kappa shape index (κ1) is 30.2. The number of para-hydroxylation sites is 2. The predicted octanol–water partition coefficient (Wildman–Crippen LogP) is -0.138. The summed E-state index contributed by atoms with van der Waals surface area (Å²) in [6, 6.07) is 9.76. The van der Waals surface area contributed by atoms with Gasteiger partial charge < -0.3 is 36.6 Å². The molecule has 0 saturated carbocycles. The summed E-state index contributed by atoms with van der Waals surface area (Å²) in [7, 11) is -4.61. The van der Waals surface area contributed by atoms with E-state index in [2.05, 4.69) is 9.71 Å². The number of aliphatic hydroxyl groups is 1. The van der Waals surface area contributed by atoms with Crippen LogP contribution in [0.3, 0.4) is 0 Å². The van der Waals surface area contributed by atoms with Gasteiger partial charge in [-0.05, 0) is 55.5 Å². The van der Waals surface area contributed by atoms with E-state index in [4.69, 9.17) is 5.73 Å². The zero-order valence-corrected chi connectivity index (χ0v) is 22.0. The second-order valence-electron chi connectivity index (χ2n) is 8.47. The molecule has 0 aliphatic rings. The van der Waals surface area contributed by atoms with Crippen molar-refractivity contribution in [2.75, 3.05) is 5.73 Å². The molecule has 0 aromatic heterocycles. The lowest BCUT2D eigenvalue weighted by Gasteiger charge is -2.22. The lowest BCUT2D eigenvalue weighted by Crippen LogP contribution is -2.56. The molecule has 0 aliphatic heterocycles. The highest BCUT2D eigenvalue weighted by molar-refractivity contribution is 7.90. The number of amides is 3. The van der Waals surface area contributed by atoms with Gasteiger partial charge >= 0.3 is 0 Å². The average molecular weight is 588 g/mol. The average Bonchev–Trinajstić information content (AvgIpc) is 2.89. The molecule has 0 fully saturated rings. The molecule has 0 radical (unpaired) electrons. The number of nitrogens with zero attached hydrogens (tertiary/aromatic N) is 1. The zero-order chi connectivity index (χ0) is 30.5. The largest absolute Gasteiger partial charge is 0.504 e. The van der Waals surface area contributed by atoms with Gasteiger partial charge in [-0.2, -0.15) is 8.42 Å². The highest BCUT2D eigenvalue weighted by Gasteiger charge is 2.30. The number of benzene rings is 3. The SMILES string of the molecule is C[C@@H](O)[C@H](NC(=O)c1cccc(O)c1O)C(=O)NC(=NS(=O)(=O)c1ccc(N)cc1)NC(=O)c1cccc(O)c1O. The molecule has 0 spiro atoms. The number of sulfonamides is 1. The Morgan fingerprint density at radius 1 is 0.805 bits per heavy atom. The molecule has 3 aromatic carbocycles. The number of hydrogen-bond donors (Lipinski definition) is 9. The number of hydrogen-bond acceptors (Lipinski definition) is 11. The Morgan fingerprint density at radius 2 is 1.32 bits per heavy atom. The summed E-state index contributed by atoms with van der Waals surface area (Å²) in [4.78, 5) is 38.2. The van der Waals surface area contributed by atoms with Gasteiger partial charge in [0.05, 0.1) is 22.1 Å². The normalized spacial score (nSPS) is 13.1. The van der Waals surface area contributed by atoms with Gasteiger partial charge in [0.1, 0.15) is 6.04 Å². The molecule has 0 saturated heterocycles. The third kappa shape index (κ3) is 7.20. The Bertz CT molecular complexity index is 1620. The molecule has 41 heavy (non-hydrogen) atoms. The monoisotopic (exact) mass is 587 g/mol. The summed E-state index contributed by atoms with van der Waals surface area (Å²) in [5.74, 6) is -7.51. The number of rotatable bonds is 7. The van der Waals surface area contributed by atoms with E-state index in [-0.39, 0.29) is 10.6 Å². The Labute approximate surface area is 232 Å². The van der Waals surface area contributed by atoms with Gasteiger partial charge in [-0.25, -0.2) is 0 Å². The summed E-state index contributed by atoms with van der Waals surface area (Å²) >= 11 is 0. The number of phenolic OH excluding ortho intramolecular Hbond substituents is 4. The molecule has 0 aliphatic carbocycles. The van der Waals surface area contributed by atoms with E-state index in [1.807, 2.05) is 10.6 Å². The molecule has 3 rings (SSSR count). The number of nitrogens with two attached hydrogens (primary N) is 1. The fourth-order valence-corrected chi connectivity index (χ4v) is 4.23. The molecule has 0 bridgehead atoms. The summed E-state index contributed by atoms with van der Waals surface area (Å²) in [5, 5.41) is 55.6. The van der Waals surface area contributed by atoms with E-state index in [0.717, 1.165) is 43.3 Å². The summed E-state index contributed by atoms with van der Waals surface area (Å²) in [6.45, 7) is 1.11. The van der Waals surface area contributed by atoms with Crippen LogP contribution in [0.2, 0.25) is 0 Å². The number of aliphatic hydroxyl groups excluding tert-OH is 1. The second-order valence-corrected chi connectivity index (χ2v) is 10.1. The molecule has 16 heteroatoms. The number of phenols is 4. The molecular formula is C25H25N5O10S. The molecule has 0 unspecified atom stereocenters. The van der Waals surface area contributed by atoms with Crippen molar-refractivity contribution in [1.29, 1.82) is 0 Å². The van der Waals surface area contributed by atoms with Crippen molar-refractivity contribution >= 4 is 39.4 Å². The number of nitrogen functional groups attached to an aromatic ring is 1. The van der Waals surface area contributed by atoms with Crippen LogP contribution < -0.4 is 21.7 Å². The number of carbonyl (C=O) groups is 3. The first-order valence-electron chi connectivity index (χ1n) is 11.5. The number of nitrogens with one attached hydrogen (secondary N) is 3. The molecule has 0 heterocycles. The van der Waals surface area contributed by atoms with Crippen molar-refractivity contribution in [3.63, 3.8) is 0 Å². The van der Waals surface area contributed by atoms with Crippen molar-refractivity contribution in [1.82, 2.24) is 16.0 Å². The maximum Gasteiger partial charge on any atom is 0.285 e. The molecular weight excluding hydrogens is 562 g/mol. The van der Waals surface area contributed by atoms with Crippen LogP contribution in [-0.2, 0) is 14.8 Å². The Balaban J connectivity index is 1.97. The second kappa shape index (κ2) is 12.2. The van der Waals surface area contributed by atoms with Crippen LogP contribution >= 0.6 is 0 Å². The molecule has 15 nitrogen and oxygen atoms in total. The molecule has 216 valence electrons. The van der Waals surface area contributed by atoms with E-state index in [1.54, 1.807) is 0 Å². The molecule has 2 atom stereocenters. The smallest absolute Gasteiger partial charge is 0.285 e. The third-order valence-electron chi connectivity index (χ3n) is 5.43. The van der Waals surface area contributed by atoms with Crippen LogP contribution in [0.4, 0.5) is 5.69 Å². The van der Waals surface area contributed by atoms with Gasteiger partial charge in [0, 0.05) is 5.69 Å². The van der Waals surface area contributed by atoms with Crippen molar-refractivity contribution in [3.8, 4) is 23.0 Å². The van der Waals surface area contributed by atoms with Gasteiger partial charge in [-0.1, -0.05) is 12.1 Å². The van der Waals surface area contributed by atoms with Crippen molar-refractivity contribution in [3.05, 3.63) is 71.8 Å². The van der Waals surface area contributed by atoms with Crippen molar-refractivity contribution in [2.45, 2.75) is 24.0 Å². The van der Waals surface area contributed by atoms with Gasteiger partial charge in [-0.3, -0.25) is 25.0 Å². The van der Waals surface area contributed by atoms with Crippen LogP contribution in [0.15, 0.2) is 70.0 Å². The van der Waals surface area contributed by atoms with Gasteiger partial charge in [0.25, 0.3) is 27.7 Å². The Kier molecular flexibility index (Phi) is 9.00. The van der Waals surface area contributed by atoms with E-state index < -0.39 is 80.0 Å². The third-order valence-corrected chi connectivity index (χ3v) is 6.72. The lowest BCUT2D eigenvalue weighted by molar-refractivity contribution is -0.123. The Morgan fingerprint density at radius 3 is 1.83 bits per heavy atom. The summed E-state index contributed by atoms with van der Waals surface area (Å²) in [6.07, 6.45) is -1.61. The maximum atomic E-state index is 13.1. The fourth-order valence-electron chi connectivity index (χ4n) is 3.31. The van der Waals surface area contributed by atoms with Crippen LogP contribution in [0.5, 0.6) is 23.0 Å². The summed E-state index contributed by atoms with van der Waals surface area (Å²) < 4.78 is 29.3. The fraction of sp³-hybridized carbons (Fsp3) is 0.120. The van der Waals surface area contributed by atoms with E-state index in [9.17, 15) is 48.3 Å². The zero-order valence-electron chi connectivity index (χ0n) is 21.1. The van der Waals surface area contributed by atoms with Crippen LogP contribution in [0.1, 0.15) is 27.6 Å². The Hall–Kier alpha value is -5.35. The van der Waals surface area contributed by atoms with Gasteiger partial charge in [0.15, 0.2) is 23.0 Å². The molecule has 3 amide bonds. The number of guanidine groups is 1. The first-order chi connectivity index (χ1) is 19.2. The van der Waals surface area contributed by atoms with Crippen molar-refractivity contribution in [2.24, 2.45) is 4.40 Å². The molecule has 3 aromatic rings. The van der Waals surface area contributed by atoms with Crippen LogP contribution in [0.25, 0.3) is 0 Å². The predicted molar refractivity (Wildman–Crippen MR) is 144 cm³/mol. The number of anilines is 1. The van der Waals surface area contributed by atoms with E-state index in [0.29, 0.717) is 0 Å². The van der Waals surface area contributed by atoms with Gasteiger partial charge in [0.2, 0.25) is 5.96 Å². The minimum atomic E-state index is -4.61. The minimum absolute atomic E-state index is 0.238. The van der Waals surface area contributed by atoms with E-state index >= 15 is 0 Å². The standard InChI is InChI=1S/C25H25N5O10S/c1-12(31)19(27-22(36)15-4-2-6-17(32)20(15)34)24(38)29-25(28-23(37)16-5-3-7-18(33)21(16)35)30-41(39,40)14-10-8-13(26)9-11-14/h2-12,19,31-35H,26H2,1H3,(H,27,36)(H2,28,29,30,37,38)/t12-,19+/m1/s1. The van der Waals surface area contributed by atoms with E-state index in [1.165, 1.54) is 24.3 Å². The van der Waals surface area contributed by atoms with Crippen LogP contribution in [0, 0.1) is 0 Å². The lowest BCUT2D eigenvalue weighted by atomic mass is 10.1. The first-order valence-corrected chi connectivity index (χ1v) is 13.0. The van der Waals surface area contributed by atoms with Crippen LogP contribution in [-0.4, -0.2) is 69.8 Å². The minimum Gasteiger partial charge on any atom is -0.504 e. The van der Waals surface area contributed by atoms with Crippen molar-refractivity contribution < 1.29 is 48.3 Å². The summed E-state index contributed by atoms with van der Waals surface area (Å²) in [5.41, 5.74) is 4.85. The van der Waals surface area contributed by atoms with Gasteiger partial charge in [-0.15, -0.1) is 4.40 Å².